The van der Waals surface area contributed by atoms with Gasteiger partial charge in [-0.15, -0.1) is 0 Å². The molecule has 1 fully saturated rings. The second kappa shape index (κ2) is 5.81. The minimum absolute atomic E-state index is 0.191. The maximum Gasteiger partial charge on any atom is 0.232 e. The van der Waals surface area contributed by atoms with E-state index in [9.17, 15) is 8.42 Å². The number of anilines is 1. The van der Waals surface area contributed by atoms with E-state index in [1.165, 1.54) is 21.7 Å². The molecule has 0 N–H and O–H groups in total. The minimum atomic E-state index is -3.29. The minimum Gasteiger partial charge on any atom is -0.298 e. The molecule has 3 heterocycles. The second-order valence-corrected chi connectivity index (χ2v) is 9.28. The van der Waals surface area contributed by atoms with Gasteiger partial charge in [0.2, 0.25) is 10.0 Å². The highest BCUT2D eigenvalue weighted by Crippen LogP contribution is 2.46. The maximum absolute atomic E-state index is 12.2. The van der Waals surface area contributed by atoms with E-state index >= 15 is 0 Å². The van der Waals surface area contributed by atoms with Gasteiger partial charge in [0.25, 0.3) is 0 Å². The molecule has 0 amide bonds. The van der Waals surface area contributed by atoms with Crippen LogP contribution in [0.1, 0.15) is 23.2 Å². The summed E-state index contributed by atoms with van der Waals surface area (Å²) in [6, 6.07) is 12.3. The Kier molecular flexibility index (Phi) is 3.85. The van der Waals surface area contributed by atoms with Gasteiger partial charge in [-0.3, -0.25) is 14.2 Å². The number of pyridine rings is 1. The predicted molar refractivity (Wildman–Crippen MR) is 99.2 cm³/mol. The molecule has 1 unspecified atom stereocenters. The third-order valence-corrected chi connectivity index (χ3v) is 6.45. The monoisotopic (exact) mass is 357 g/mol. The molecule has 1 atom stereocenters. The lowest BCUT2D eigenvalue weighted by Gasteiger charge is -2.25. The Morgan fingerprint density at radius 2 is 2.04 bits per heavy atom. The Bertz CT molecular complexity index is 912. The van der Waals surface area contributed by atoms with Crippen LogP contribution in [0.2, 0.25) is 0 Å². The van der Waals surface area contributed by atoms with Gasteiger partial charge in [0.05, 0.1) is 17.6 Å². The molecule has 0 bridgehead atoms. The van der Waals surface area contributed by atoms with Crippen LogP contribution < -0.4 is 4.31 Å². The topological polar surface area (TPSA) is 53.5 Å². The first-order valence-electron chi connectivity index (χ1n) is 8.59. The van der Waals surface area contributed by atoms with Gasteiger partial charge in [0, 0.05) is 31.2 Å². The smallest absolute Gasteiger partial charge is 0.232 e. The fourth-order valence-corrected chi connectivity index (χ4v) is 5.21. The molecule has 1 aromatic carbocycles. The molecule has 4 rings (SSSR count). The van der Waals surface area contributed by atoms with Crippen LogP contribution in [0.5, 0.6) is 0 Å². The van der Waals surface area contributed by atoms with Crippen LogP contribution >= 0.6 is 0 Å². The van der Waals surface area contributed by atoms with Gasteiger partial charge in [-0.05, 0) is 37.6 Å². The van der Waals surface area contributed by atoms with Crippen molar-refractivity contribution in [3.63, 3.8) is 0 Å². The molecule has 5 nitrogen and oxygen atoms in total. The number of likely N-dealkylation sites (tertiary alicyclic amines) is 1. The molecule has 6 heteroatoms. The van der Waals surface area contributed by atoms with Crippen molar-refractivity contribution in [2.75, 3.05) is 30.2 Å². The van der Waals surface area contributed by atoms with Crippen LogP contribution in [-0.2, 0) is 22.0 Å². The average Bonchev–Trinajstić information content (AvgIpc) is 3.10. The average molecular weight is 357 g/mol. The third kappa shape index (κ3) is 2.93. The van der Waals surface area contributed by atoms with Crippen LogP contribution in [0, 0.1) is 6.92 Å². The Balaban J connectivity index is 1.61. The van der Waals surface area contributed by atoms with Crippen LogP contribution in [0.3, 0.4) is 0 Å². The SMILES string of the molecule is Cc1cccc(CN2CCC3(C2)CN(S(C)(=O)=O)c2cccnc23)c1. The van der Waals surface area contributed by atoms with Crippen LogP contribution in [-0.4, -0.2) is 44.2 Å². The molecule has 1 aromatic heterocycles. The lowest BCUT2D eigenvalue weighted by molar-refractivity contribution is 0.306. The highest BCUT2D eigenvalue weighted by molar-refractivity contribution is 7.92. The van der Waals surface area contributed by atoms with E-state index in [1.807, 2.05) is 12.1 Å². The van der Waals surface area contributed by atoms with Crippen molar-refractivity contribution in [1.29, 1.82) is 0 Å². The summed E-state index contributed by atoms with van der Waals surface area (Å²) in [7, 11) is -3.29. The zero-order valence-electron chi connectivity index (χ0n) is 14.6. The van der Waals surface area contributed by atoms with Gasteiger partial charge in [0.1, 0.15) is 0 Å². The van der Waals surface area contributed by atoms with E-state index < -0.39 is 10.0 Å². The first-order valence-corrected chi connectivity index (χ1v) is 10.4. The second-order valence-electron chi connectivity index (χ2n) is 7.37. The largest absolute Gasteiger partial charge is 0.298 e. The lowest BCUT2D eigenvalue weighted by Crippen LogP contribution is -2.38. The number of fused-ring (bicyclic) bond motifs is 2. The number of nitrogens with zero attached hydrogens (tertiary/aromatic N) is 3. The Labute approximate surface area is 149 Å². The van der Waals surface area contributed by atoms with Crippen molar-refractivity contribution in [3.05, 3.63) is 59.4 Å². The van der Waals surface area contributed by atoms with Crippen molar-refractivity contribution in [2.24, 2.45) is 0 Å². The summed E-state index contributed by atoms with van der Waals surface area (Å²) in [6.45, 7) is 5.31. The van der Waals surface area contributed by atoms with Crippen molar-refractivity contribution >= 4 is 15.7 Å². The van der Waals surface area contributed by atoms with Crippen LogP contribution in [0.25, 0.3) is 0 Å². The highest BCUT2D eigenvalue weighted by atomic mass is 32.2. The van der Waals surface area contributed by atoms with Crippen LogP contribution in [0.4, 0.5) is 5.69 Å². The van der Waals surface area contributed by atoms with Crippen molar-refractivity contribution in [1.82, 2.24) is 9.88 Å². The molecule has 0 saturated carbocycles. The van der Waals surface area contributed by atoms with Gasteiger partial charge in [-0.1, -0.05) is 29.8 Å². The van der Waals surface area contributed by atoms with Crippen molar-refractivity contribution in [3.8, 4) is 0 Å². The third-order valence-electron chi connectivity index (χ3n) is 5.33. The Hall–Kier alpha value is -1.92. The molecule has 1 saturated heterocycles. The first-order chi connectivity index (χ1) is 11.9. The summed E-state index contributed by atoms with van der Waals surface area (Å²) in [5.41, 5.74) is 4.07. The molecule has 2 aliphatic heterocycles. The molecule has 0 radical (unpaired) electrons. The number of hydrogen-bond acceptors (Lipinski definition) is 4. The normalized spacial score (nSPS) is 23.4. The van der Waals surface area contributed by atoms with Gasteiger partial charge in [-0.25, -0.2) is 8.42 Å². The maximum atomic E-state index is 12.2. The molecule has 0 aliphatic carbocycles. The van der Waals surface area contributed by atoms with Crippen molar-refractivity contribution in [2.45, 2.75) is 25.3 Å². The summed E-state index contributed by atoms with van der Waals surface area (Å²) in [5, 5.41) is 0. The van der Waals surface area contributed by atoms with Gasteiger partial charge >= 0.3 is 0 Å². The van der Waals surface area contributed by atoms with Gasteiger partial charge in [-0.2, -0.15) is 0 Å². The lowest BCUT2D eigenvalue weighted by atomic mass is 9.85. The van der Waals surface area contributed by atoms with Crippen molar-refractivity contribution < 1.29 is 8.42 Å². The van der Waals surface area contributed by atoms with E-state index in [2.05, 4.69) is 41.1 Å². The molecule has 2 aromatic rings. The fourth-order valence-electron chi connectivity index (χ4n) is 4.22. The number of aromatic nitrogens is 1. The molecule has 132 valence electrons. The summed E-state index contributed by atoms with van der Waals surface area (Å²) >= 11 is 0. The van der Waals surface area contributed by atoms with E-state index in [4.69, 9.17) is 0 Å². The Morgan fingerprint density at radius 3 is 2.80 bits per heavy atom. The molecule has 25 heavy (non-hydrogen) atoms. The van der Waals surface area contributed by atoms with E-state index in [0.29, 0.717) is 6.54 Å². The summed E-state index contributed by atoms with van der Waals surface area (Å²) < 4.78 is 26.0. The molecule has 2 aliphatic rings. The summed E-state index contributed by atoms with van der Waals surface area (Å²) in [5.74, 6) is 0. The molecular formula is C19H23N3O2S. The highest BCUT2D eigenvalue weighted by Gasteiger charge is 2.50. The van der Waals surface area contributed by atoms with E-state index in [1.54, 1.807) is 6.20 Å². The zero-order chi connectivity index (χ0) is 17.7. The zero-order valence-corrected chi connectivity index (χ0v) is 15.5. The van der Waals surface area contributed by atoms with Gasteiger partial charge < -0.3 is 0 Å². The van der Waals surface area contributed by atoms with Gasteiger partial charge in [0.15, 0.2) is 0 Å². The first kappa shape index (κ1) is 16.5. The summed E-state index contributed by atoms with van der Waals surface area (Å²) in [6.07, 6.45) is 3.99. The Morgan fingerprint density at radius 1 is 1.20 bits per heavy atom. The fraction of sp³-hybridized carbons (Fsp3) is 0.421. The predicted octanol–water partition coefficient (Wildman–Crippen LogP) is 2.31. The number of aryl methyl sites for hydroxylation is 1. The van der Waals surface area contributed by atoms with E-state index in [0.717, 1.165) is 37.4 Å². The van der Waals surface area contributed by atoms with Crippen LogP contribution in [0.15, 0.2) is 42.6 Å². The standard InChI is InChI=1S/C19H23N3O2S/c1-15-5-3-6-16(11-15)12-21-10-8-19(13-21)14-22(25(2,23)24)17-7-4-9-20-18(17)19/h3-7,9,11H,8,10,12-14H2,1-2H3. The molecule has 1 spiro atoms. The molecular weight excluding hydrogens is 334 g/mol. The number of benzene rings is 1. The van der Waals surface area contributed by atoms with E-state index in [-0.39, 0.29) is 5.41 Å². The number of rotatable bonds is 3. The quantitative estimate of drug-likeness (QED) is 0.846. The summed E-state index contributed by atoms with van der Waals surface area (Å²) in [4.78, 5) is 7.00. The number of sulfonamides is 1. The number of hydrogen-bond donors (Lipinski definition) is 0.